The van der Waals surface area contributed by atoms with E-state index in [0.29, 0.717) is 0 Å². The summed E-state index contributed by atoms with van der Waals surface area (Å²) in [5, 5.41) is 0. The SMILES string of the molecule is FC(F)(F)c1ccc[c]([SnH3])c1. The zero-order chi connectivity index (χ0) is 8.48. The second-order valence-corrected chi connectivity index (χ2v) is 5.66. The van der Waals surface area contributed by atoms with E-state index < -0.39 is 11.7 Å². The second-order valence-electron chi connectivity index (χ2n) is 2.37. The van der Waals surface area contributed by atoms with E-state index in [-0.39, 0.29) is 22.5 Å². The van der Waals surface area contributed by atoms with Gasteiger partial charge in [-0.1, -0.05) is 0 Å². The van der Waals surface area contributed by atoms with E-state index >= 15 is 0 Å². The van der Waals surface area contributed by atoms with Gasteiger partial charge in [-0.25, -0.2) is 0 Å². The normalized spacial score (nSPS) is 11.9. The average molecular weight is 267 g/mol. The molecule has 0 saturated carbocycles. The third-order valence-electron chi connectivity index (χ3n) is 1.35. The molecule has 0 aliphatic carbocycles. The molecule has 0 aliphatic rings. The molecular formula is C7H7F3Sn. The first-order valence-electron chi connectivity index (χ1n) is 3.14. The molecule has 4 heteroatoms. The number of halogens is 3. The van der Waals surface area contributed by atoms with E-state index in [4.69, 9.17) is 0 Å². The first kappa shape index (κ1) is 8.90. The molecule has 0 aliphatic heterocycles. The Morgan fingerprint density at radius 1 is 1.18 bits per heavy atom. The molecule has 0 heterocycles. The molecule has 60 valence electrons. The summed E-state index contributed by atoms with van der Waals surface area (Å²) in [6, 6.07) is 5.50. The van der Waals surface area contributed by atoms with Crippen LogP contribution in [-0.4, -0.2) is 22.5 Å². The summed E-state index contributed by atoms with van der Waals surface area (Å²) < 4.78 is 36.8. The number of hydrogen-bond acceptors (Lipinski definition) is 0. The molecule has 0 fully saturated rings. The molecule has 0 radical (unpaired) electrons. The van der Waals surface area contributed by atoms with Crippen molar-refractivity contribution in [1.82, 2.24) is 0 Å². The van der Waals surface area contributed by atoms with Gasteiger partial charge in [-0.2, -0.15) is 0 Å². The fourth-order valence-corrected chi connectivity index (χ4v) is 2.26. The monoisotopic (exact) mass is 268 g/mol. The van der Waals surface area contributed by atoms with Crippen molar-refractivity contribution in [3.05, 3.63) is 29.8 Å². The Hall–Kier alpha value is -0.191. The molecular weight excluding hydrogens is 260 g/mol. The van der Waals surface area contributed by atoms with Crippen molar-refractivity contribution >= 4 is 26.1 Å². The quantitative estimate of drug-likeness (QED) is 0.607. The van der Waals surface area contributed by atoms with E-state index in [1.54, 1.807) is 6.07 Å². The van der Waals surface area contributed by atoms with Crippen molar-refractivity contribution in [3.63, 3.8) is 0 Å². The number of rotatable bonds is 0. The molecule has 0 aromatic heterocycles. The molecule has 0 atom stereocenters. The Labute approximate surface area is 75.5 Å². The van der Waals surface area contributed by atoms with Crippen molar-refractivity contribution in [2.75, 3.05) is 0 Å². The second kappa shape index (κ2) is 3.05. The molecule has 11 heavy (non-hydrogen) atoms. The van der Waals surface area contributed by atoms with E-state index in [0.717, 1.165) is 9.65 Å². The summed E-state index contributed by atoms with van der Waals surface area (Å²) in [4.78, 5) is 0. The number of hydrogen-bond donors (Lipinski definition) is 0. The van der Waals surface area contributed by atoms with E-state index in [2.05, 4.69) is 0 Å². The van der Waals surface area contributed by atoms with Gasteiger partial charge in [-0.3, -0.25) is 0 Å². The summed E-state index contributed by atoms with van der Waals surface area (Å²) >= 11 is 0.155. The molecule has 0 bridgehead atoms. The molecule has 0 saturated heterocycles. The van der Waals surface area contributed by atoms with Gasteiger partial charge in [0, 0.05) is 0 Å². The summed E-state index contributed by atoms with van der Waals surface area (Å²) in [6.45, 7) is 0. The average Bonchev–Trinajstić information content (AvgIpc) is 1.86. The van der Waals surface area contributed by atoms with Gasteiger partial charge in [0.15, 0.2) is 0 Å². The van der Waals surface area contributed by atoms with E-state index in [9.17, 15) is 13.2 Å². The van der Waals surface area contributed by atoms with Crippen LogP contribution in [0.4, 0.5) is 13.2 Å². The minimum absolute atomic E-state index is 0.155. The standard InChI is InChI=1S/C7H4F3.Sn.3H/c8-7(9,10)6-4-2-1-3-5-6;;;;/h1-2,4-5H;;;;. The van der Waals surface area contributed by atoms with Crippen LogP contribution in [0.25, 0.3) is 0 Å². The Bertz CT molecular complexity index is 254. The number of alkyl halides is 3. The summed E-state index contributed by atoms with van der Waals surface area (Å²) in [5.41, 5.74) is -0.533. The predicted octanol–water partition coefficient (Wildman–Crippen LogP) is 0.696. The minimum atomic E-state index is -4.18. The first-order chi connectivity index (χ1) is 5.00. The molecule has 0 spiro atoms. The van der Waals surface area contributed by atoms with Crippen LogP contribution < -0.4 is 3.58 Å². The van der Waals surface area contributed by atoms with Crippen LogP contribution in [0.15, 0.2) is 24.3 Å². The predicted molar refractivity (Wildman–Crippen MR) is 41.0 cm³/mol. The zero-order valence-electron chi connectivity index (χ0n) is 5.94. The van der Waals surface area contributed by atoms with Crippen LogP contribution in [0, 0.1) is 0 Å². The van der Waals surface area contributed by atoms with Gasteiger partial charge in [-0.05, 0) is 0 Å². The molecule has 0 N–H and O–H groups in total. The van der Waals surface area contributed by atoms with Gasteiger partial charge in [0.25, 0.3) is 0 Å². The van der Waals surface area contributed by atoms with Crippen LogP contribution >= 0.6 is 0 Å². The van der Waals surface area contributed by atoms with E-state index in [1.807, 2.05) is 0 Å². The Morgan fingerprint density at radius 3 is 2.18 bits per heavy atom. The Balaban J connectivity index is 3.06. The topological polar surface area (TPSA) is 0 Å². The fourth-order valence-electron chi connectivity index (χ4n) is 0.821. The van der Waals surface area contributed by atoms with Gasteiger partial charge in [-0.15, -0.1) is 0 Å². The van der Waals surface area contributed by atoms with Crippen molar-refractivity contribution in [2.45, 2.75) is 6.18 Å². The van der Waals surface area contributed by atoms with Crippen LogP contribution in [0.3, 0.4) is 0 Å². The van der Waals surface area contributed by atoms with Crippen LogP contribution in [-0.2, 0) is 6.18 Å². The van der Waals surface area contributed by atoms with Crippen LogP contribution in [0.1, 0.15) is 5.56 Å². The first-order valence-corrected chi connectivity index (χ1v) is 5.99. The summed E-state index contributed by atoms with van der Waals surface area (Å²) in [7, 11) is 0. The Kier molecular flexibility index (Phi) is 2.46. The third-order valence-corrected chi connectivity index (χ3v) is 3.12. The van der Waals surface area contributed by atoms with Crippen molar-refractivity contribution < 1.29 is 13.2 Å². The summed E-state index contributed by atoms with van der Waals surface area (Å²) in [6.07, 6.45) is -4.18. The van der Waals surface area contributed by atoms with Crippen LogP contribution in [0.2, 0.25) is 0 Å². The van der Waals surface area contributed by atoms with Gasteiger partial charge >= 0.3 is 75.3 Å². The van der Waals surface area contributed by atoms with E-state index in [1.165, 1.54) is 12.1 Å². The Morgan fingerprint density at radius 2 is 1.82 bits per heavy atom. The maximum absolute atomic E-state index is 12.0. The zero-order valence-corrected chi connectivity index (χ0v) is 11.7. The van der Waals surface area contributed by atoms with Gasteiger partial charge in [0.2, 0.25) is 0 Å². The molecule has 0 nitrogen and oxygen atoms in total. The number of benzene rings is 1. The third kappa shape index (κ3) is 2.39. The maximum atomic E-state index is 12.0. The van der Waals surface area contributed by atoms with Crippen molar-refractivity contribution in [3.8, 4) is 0 Å². The summed E-state index contributed by atoms with van der Waals surface area (Å²) in [5.74, 6) is 0. The van der Waals surface area contributed by atoms with Gasteiger partial charge < -0.3 is 0 Å². The van der Waals surface area contributed by atoms with Crippen molar-refractivity contribution in [2.24, 2.45) is 0 Å². The molecule has 1 aromatic carbocycles. The molecule has 0 unspecified atom stereocenters. The molecule has 1 rings (SSSR count). The van der Waals surface area contributed by atoms with Gasteiger partial charge in [0.1, 0.15) is 0 Å². The van der Waals surface area contributed by atoms with Crippen molar-refractivity contribution in [1.29, 1.82) is 0 Å². The fraction of sp³-hybridized carbons (Fsp3) is 0.143. The molecule has 0 amide bonds. The molecule has 1 aromatic rings. The van der Waals surface area contributed by atoms with Gasteiger partial charge in [0.05, 0.1) is 0 Å². The van der Waals surface area contributed by atoms with Crippen LogP contribution in [0.5, 0.6) is 0 Å².